The molecule has 0 bridgehead atoms. The maximum atomic E-state index is 13.0. The fraction of sp³-hybridized carbons (Fsp3) is 0.444. The van der Waals surface area contributed by atoms with Crippen LogP contribution in [-0.4, -0.2) is 65.5 Å². The van der Waals surface area contributed by atoms with Crippen LogP contribution in [0.4, 0.5) is 11.5 Å². The Bertz CT molecular complexity index is 1050. The molecule has 0 saturated carbocycles. The van der Waals surface area contributed by atoms with Crippen molar-refractivity contribution in [2.24, 2.45) is 10.3 Å². The molecule has 0 aromatic carbocycles. The van der Waals surface area contributed by atoms with E-state index >= 15 is 0 Å². The van der Waals surface area contributed by atoms with E-state index in [-0.39, 0.29) is 22.4 Å². The van der Waals surface area contributed by atoms with Crippen molar-refractivity contribution in [1.29, 1.82) is 0 Å². The standard InChI is InChI=1S/C18H23ClN6O4S/c1-20-18(26)16-13(7-15(19)24-25-16)23-17-14(30(3,27)21-2)6-12(8-22-17)29-5-4-11-9-28-10-11/h6-8,11H,4-5,9-10H2,1-3H3,(H,20,26)(H,22,23,24). The number of rotatable bonds is 8. The summed E-state index contributed by atoms with van der Waals surface area (Å²) in [7, 11) is 0.170. The van der Waals surface area contributed by atoms with Gasteiger partial charge in [0.05, 0.1) is 46.3 Å². The first kappa shape index (κ1) is 22.2. The minimum absolute atomic E-state index is 0.0220. The smallest absolute Gasteiger partial charge is 0.273 e. The second-order valence-corrected chi connectivity index (χ2v) is 9.47. The SMILES string of the molecule is CN=S(C)(=O)c1cc(OCCC2COC2)cnc1Nc1cc(Cl)nnc1C(=O)NC. The van der Waals surface area contributed by atoms with Gasteiger partial charge in [-0.1, -0.05) is 11.6 Å². The number of hydrogen-bond acceptors (Lipinski definition) is 9. The van der Waals surface area contributed by atoms with Crippen molar-refractivity contribution in [1.82, 2.24) is 20.5 Å². The molecule has 10 nitrogen and oxygen atoms in total. The van der Waals surface area contributed by atoms with E-state index in [9.17, 15) is 9.00 Å². The number of carbonyl (C=O) groups excluding carboxylic acids is 1. The second-order valence-electron chi connectivity index (χ2n) is 6.68. The van der Waals surface area contributed by atoms with Gasteiger partial charge in [0.2, 0.25) is 0 Å². The molecule has 0 radical (unpaired) electrons. The predicted octanol–water partition coefficient (Wildman–Crippen LogP) is 2.13. The Morgan fingerprint density at radius 2 is 2.17 bits per heavy atom. The summed E-state index contributed by atoms with van der Waals surface area (Å²) >= 11 is 5.94. The Labute approximate surface area is 179 Å². The van der Waals surface area contributed by atoms with Gasteiger partial charge in [-0.25, -0.2) is 13.6 Å². The summed E-state index contributed by atoms with van der Waals surface area (Å²) in [4.78, 5) is 16.8. The second kappa shape index (κ2) is 9.54. The maximum Gasteiger partial charge on any atom is 0.273 e. The highest BCUT2D eigenvalue weighted by Crippen LogP contribution is 2.29. The molecule has 12 heteroatoms. The van der Waals surface area contributed by atoms with E-state index in [1.165, 1.54) is 32.6 Å². The molecule has 1 aliphatic heterocycles. The van der Waals surface area contributed by atoms with Crippen LogP contribution in [0.3, 0.4) is 0 Å². The third kappa shape index (κ3) is 5.15. The topological polar surface area (TPSA) is 128 Å². The highest BCUT2D eigenvalue weighted by molar-refractivity contribution is 7.93. The van der Waals surface area contributed by atoms with Crippen molar-refractivity contribution < 1.29 is 18.5 Å². The molecule has 162 valence electrons. The molecule has 3 heterocycles. The summed E-state index contributed by atoms with van der Waals surface area (Å²) in [5.41, 5.74) is 0.293. The molecular weight excluding hydrogens is 432 g/mol. The Balaban J connectivity index is 1.91. The highest BCUT2D eigenvalue weighted by atomic mass is 35.5. The number of aromatic nitrogens is 3. The zero-order valence-electron chi connectivity index (χ0n) is 16.8. The zero-order valence-corrected chi connectivity index (χ0v) is 18.4. The van der Waals surface area contributed by atoms with E-state index in [4.69, 9.17) is 21.1 Å². The van der Waals surface area contributed by atoms with Gasteiger partial charge in [0.1, 0.15) is 11.6 Å². The summed E-state index contributed by atoms with van der Waals surface area (Å²) in [6.07, 6.45) is 3.89. The van der Waals surface area contributed by atoms with Crippen LogP contribution in [0.1, 0.15) is 16.9 Å². The number of nitrogens with one attached hydrogen (secondary N) is 2. The van der Waals surface area contributed by atoms with Gasteiger partial charge in [-0.3, -0.25) is 4.79 Å². The number of anilines is 2. The average Bonchev–Trinajstić information content (AvgIpc) is 2.70. The first-order valence-corrected chi connectivity index (χ1v) is 11.5. The average molecular weight is 455 g/mol. The van der Waals surface area contributed by atoms with Gasteiger partial charge in [0.25, 0.3) is 5.91 Å². The van der Waals surface area contributed by atoms with Gasteiger partial charge >= 0.3 is 0 Å². The summed E-state index contributed by atoms with van der Waals surface area (Å²) < 4.78 is 28.0. The molecule has 30 heavy (non-hydrogen) atoms. The van der Waals surface area contributed by atoms with Crippen LogP contribution >= 0.6 is 11.6 Å². The molecule has 1 amide bonds. The fourth-order valence-electron chi connectivity index (χ4n) is 2.66. The third-order valence-corrected chi connectivity index (χ3v) is 6.55. The minimum Gasteiger partial charge on any atom is -0.492 e. The molecule has 3 rings (SSSR count). The molecule has 2 aromatic rings. The first-order chi connectivity index (χ1) is 14.3. The zero-order chi connectivity index (χ0) is 21.7. The molecule has 1 unspecified atom stereocenters. The van der Waals surface area contributed by atoms with Crippen molar-refractivity contribution in [2.45, 2.75) is 11.3 Å². The Morgan fingerprint density at radius 3 is 2.80 bits per heavy atom. The van der Waals surface area contributed by atoms with E-state index in [1.54, 1.807) is 6.07 Å². The number of halogens is 1. The highest BCUT2D eigenvalue weighted by Gasteiger charge is 2.21. The van der Waals surface area contributed by atoms with Gasteiger partial charge in [0.15, 0.2) is 10.8 Å². The van der Waals surface area contributed by atoms with Crippen LogP contribution in [0.5, 0.6) is 5.75 Å². The lowest BCUT2D eigenvalue weighted by atomic mass is 10.1. The molecule has 1 aliphatic rings. The van der Waals surface area contributed by atoms with Crippen molar-refractivity contribution in [3.8, 4) is 5.75 Å². The van der Waals surface area contributed by atoms with Crippen LogP contribution in [0, 0.1) is 5.92 Å². The van der Waals surface area contributed by atoms with Crippen molar-refractivity contribution in [2.75, 3.05) is 45.5 Å². The maximum absolute atomic E-state index is 13.0. The minimum atomic E-state index is -2.77. The van der Waals surface area contributed by atoms with Crippen LogP contribution in [0.2, 0.25) is 5.15 Å². The molecule has 1 saturated heterocycles. The Kier molecular flexibility index (Phi) is 7.06. The van der Waals surface area contributed by atoms with Gasteiger partial charge in [-0.05, 0) is 6.42 Å². The van der Waals surface area contributed by atoms with E-state index in [2.05, 4.69) is 30.2 Å². The van der Waals surface area contributed by atoms with Crippen LogP contribution in [-0.2, 0) is 14.5 Å². The predicted molar refractivity (Wildman–Crippen MR) is 113 cm³/mol. The number of ether oxygens (including phenoxy) is 2. The van der Waals surface area contributed by atoms with Crippen LogP contribution < -0.4 is 15.4 Å². The van der Waals surface area contributed by atoms with E-state index in [1.807, 2.05) is 0 Å². The number of hydrogen-bond donors (Lipinski definition) is 2. The lowest BCUT2D eigenvalue weighted by Gasteiger charge is -2.25. The number of amides is 1. The molecule has 0 spiro atoms. The van der Waals surface area contributed by atoms with Gasteiger partial charge < -0.3 is 20.1 Å². The van der Waals surface area contributed by atoms with Crippen molar-refractivity contribution in [3.63, 3.8) is 0 Å². The van der Waals surface area contributed by atoms with Crippen LogP contribution in [0.25, 0.3) is 0 Å². The Hall–Kier alpha value is -2.50. The van der Waals surface area contributed by atoms with Crippen molar-refractivity contribution >= 4 is 38.7 Å². The number of pyridine rings is 1. The molecule has 1 atom stereocenters. The van der Waals surface area contributed by atoms with E-state index in [0.29, 0.717) is 23.2 Å². The van der Waals surface area contributed by atoms with E-state index in [0.717, 1.165) is 19.6 Å². The summed E-state index contributed by atoms with van der Waals surface area (Å²) in [6, 6.07) is 3.08. The van der Waals surface area contributed by atoms with Gasteiger partial charge in [0, 0.05) is 38.4 Å². The number of carbonyl (C=O) groups is 1. The summed E-state index contributed by atoms with van der Waals surface area (Å²) in [5.74, 6) is 0.778. The van der Waals surface area contributed by atoms with E-state index < -0.39 is 15.6 Å². The molecule has 2 aromatic heterocycles. The number of nitrogens with zero attached hydrogens (tertiary/aromatic N) is 4. The normalized spacial score (nSPS) is 15.6. The molecule has 0 aliphatic carbocycles. The fourth-order valence-corrected chi connectivity index (χ4v) is 3.80. The van der Waals surface area contributed by atoms with Crippen LogP contribution in [0.15, 0.2) is 27.6 Å². The van der Waals surface area contributed by atoms with Gasteiger partial charge in [-0.2, -0.15) is 0 Å². The lowest BCUT2D eigenvalue weighted by Crippen LogP contribution is -2.28. The first-order valence-electron chi connectivity index (χ1n) is 9.17. The van der Waals surface area contributed by atoms with Crippen molar-refractivity contribution in [3.05, 3.63) is 29.2 Å². The third-order valence-electron chi connectivity index (χ3n) is 4.55. The monoisotopic (exact) mass is 454 g/mol. The molecular formula is C18H23ClN6O4S. The lowest BCUT2D eigenvalue weighted by molar-refractivity contribution is -0.0401. The summed E-state index contributed by atoms with van der Waals surface area (Å²) in [6.45, 7) is 2.01. The largest absolute Gasteiger partial charge is 0.492 e. The Morgan fingerprint density at radius 1 is 1.40 bits per heavy atom. The summed E-state index contributed by atoms with van der Waals surface area (Å²) in [5, 5.41) is 13.1. The molecule has 1 fully saturated rings. The molecule has 2 N–H and O–H groups in total. The van der Waals surface area contributed by atoms with Gasteiger partial charge in [-0.15, -0.1) is 10.2 Å². The quantitative estimate of drug-likeness (QED) is 0.620.